The van der Waals surface area contributed by atoms with E-state index in [1.165, 1.54) is 0 Å². The smallest absolute Gasteiger partial charge is 0.253 e. The maximum atomic E-state index is 14.8. The largest absolute Gasteiger partial charge is 0.394 e. The molecule has 1 aromatic rings. The molecule has 1 aromatic carbocycles. The van der Waals surface area contributed by atoms with Gasteiger partial charge in [-0.3, -0.25) is 14.4 Å². The van der Waals surface area contributed by atoms with Crippen LogP contribution in [0.1, 0.15) is 51.2 Å². The van der Waals surface area contributed by atoms with Crippen molar-refractivity contribution in [3.05, 3.63) is 54.6 Å². The first-order chi connectivity index (χ1) is 18.9. The number of nitrogens with zero attached hydrogens (tertiary/aromatic N) is 3. The molecule has 1 spiro atoms. The zero-order valence-electron chi connectivity index (χ0n) is 24.9. The van der Waals surface area contributed by atoms with Gasteiger partial charge in [0.2, 0.25) is 11.8 Å². The lowest BCUT2D eigenvalue weighted by Crippen LogP contribution is -2.60. The number of carbonyl (C=O) groups excluding carboxylic acids is 3. The molecule has 8 heteroatoms. The Morgan fingerprint density at radius 2 is 1.88 bits per heavy atom. The van der Waals surface area contributed by atoms with Crippen molar-refractivity contribution < 1.29 is 24.2 Å². The predicted octanol–water partition coefficient (Wildman–Crippen LogP) is 3.64. The first kappa shape index (κ1) is 30.0. The zero-order valence-corrected chi connectivity index (χ0v) is 24.9. The van der Waals surface area contributed by atoms with Gasteiger partial charge in [-0.25, -0.2) is 0 Å². The third-order valence-electron chi connectivity index (χ3n) is 9.57. The van der Waals surface area contributed by atoms with Crippen LogP contribution in [-0.2, 0) is 19.1 Å². The molecule has 0 aliphatic carbocycles. The maximum Gasteiger partial charge on any atom is 0.253 e. The van der Waals surface area contributed by atoms with Crippen LogP contribution in [0.25, 0.3) is 0 Å². The van der Waals surface area contributed by atoms with Crippen molar-refractivity contribution in [1.82, 2.24) is 9.80 Å². The summed E-state index contributed by atoms with van der Waals surface area (Å²) in [5, 5.41) is 10.6. The molecule has 3 aliphatic heterocycles. The van der Waals surface area contributed by atoms with Gasteiger partial charge in [-0.05, 0) is 56.7 Å². The van der Waals surface area contributed by atoms with E-state index in [-0.39, 0.29) is 36.8 Å². The highest BCUT2D eigenvalue weighted by molar-refractivity contribution is 6.05. The summed E-state index contributed by atoms with van der Waals surface area (Å²) < 4.78 is 6.80. The van der Waals surface area contributed by atoms with Crippen LogP contribution in [-0.4, -0.2) is 82.7 Å². The Bertz CT molecular complexity index is 1200. The molecule has 2 unspecified atom stereocenters. The molecule has 3 fully saturated rings. The predicted molar refractivity (Wildman–Crippen MR) is 156 cm³/mol. The molecule has 3 aliphatic rings. The van der Waals surface area contributed by atoms with E-state index >= 15 is 0 Å². The summed E-state index contributed by atoms with van der Waals surface area (Å²) in [6.45, 7) is 17.8. The van der Waals surface area contributed by atoms with E-state index in [1.54, 1.807) is 33.9 Å². The van der Waals surface area contributed by atoms with Gasteiger partial charge in [-0.15, -0.1) is 13.2 Å². The van der Waals surface area contributed by atoms with Crippen LogP contribution in [0, 0.1) is 31.6 Å². The summed E-state index contributed by atoms with van der Waals surface area (Å²) in [5.74, 6) is -2.37. The lowest BCUT2D eigenvalue weighted by Gasteiger charge is -2.41. The summed E-state index contributed by atoms with van der Waals surface area (Å²) in [6, 6.07) is 4.37. The number of amides is 3. The van der Waals surface area contributed by atoms with E-state index in [0.717, 1.165) is 16.8 Å². The summed E-state index contributed by atoms with van der Waals surface area (Å²) in [6.07, 6.45) is 5.09. The van der Waals surface area contributed by atoms with Crippen LogP contribution in [0.2, 0.25) is 0 Å². The van der Waals surface area contributed by atoms with Gasteiger partial charge in [0.15, 0.2) is 0 Å². The van der Waals surface area contributed by atoms with Crippen molar-refractivity contribution in [3.63, 3.8) is 0 Å². The van der Waals surface area contributed by atoms with Gasteiger partial charge in [-0.2, -0.15) is 0 Å². The lowest BCUT2D eigenvalue weighted by atomic mass is 9.66. The van der Waals surface area contributed by atoms with E-state index in [1.807, 2.05) is 52.8 Å². The van der Waals surface area contributed by atoms with Gasteiger partial charge in [0.05, 0.1) is 30.1 Å². The van der Waals surface area contributed by atoms with Gasteiger partial charge < -0.3 is 24.5 Å². The molecule has 7 atom stereocenters. The number of aliphatic hydroxyl groups excluding tert-OH is 1. The molecular weight excluding hydrogens is 506 g/mol. The Kier molecular flexibility index (Phi) is 8.35. The number of anilines is 1. The second-order valence-electron chi connectivity index (χ2n) is 12.1. The topological polar surface area (TPSA) is 90.4 Å². The van der Waals surface area contributed by atoms with Gasteiger partial charge >= 0.3 is 0 Å². The van der Waals surface area contributed by atoms with Crippen LogP contribution >= 0.6 is 0 Å². The molecule has 1 N–H and O–H groups in total. The second kappa shape index (κ2) is 11.1. The third-order valence-corrected chi connectivity index (χ3v) is 9.57. The molecule has 2 bridgehead atoms. The standard InChI is InChI=1S/C32H45N3O5/c1-9-16-33(8)28(37)25-26-29(38)35(24(19-36)21(5)11-3)27(32(26)15-14-31(25,7)40-32)30(39)34(17-10-2)23-18-20(4)12-13-22(23)6/h9-10,12-13,18,21,24-27,36H,1-2,11,14-17,19H2,3-8H3/t21-,24-,25+,26-,27?,31-,32?/m0/s1. The van der Waals surface area contributed by atoms with Crippen LogP contribution in [0.3, 0.4) is 0 Å². The first-order valence-corrected chi connectivity index (χ1v) is 14.4. The summed E-state index contributed by atoms with van der Waals surface area (Å²) in [4.78, 5) is 48.1. The van der Waals surface area contributed by atoms with E-state index in [0.29, 0.717) is 25.8 Å². The molecule has 4 rings (SSSR count). The molecular formula is C32H45N3O5. The van der Waals surface area contributed by atoms with Crippen molar-refractivity contribution >= 4 is 23.4 Å². The fourth-order valence-electron chi connectivity index (χ4n) is 7.31. The van der Waals surface area contributed by atoms with Crippen molar-refractivity contribution in [3.8, 4) is 0 Å². The third kappa shape index (κ3) is 4.49. The lowest BCUT2D eigenvalue weighted by molar-refractivity contribution is -0.152. The van der Waals surface area contributed by atoms with E-state index in [2.05, 4.69) is 13.2 Å². The first-order valence-electron chi connectivity index (χ1n) is 14.4. The molecule has 0 radical (unpaired) electrons. The number of likely N-dealkylation sites (N-methyl/N-ethyl adjacent to an activating group) is 1. The number of carbonyl (C=O) groups is 3. The van der Waals surface area contributed by atoms with Crippen LogP contribution < -0.4 is 4.90 Å². The Hall–Kier alpha value is -2.97. The minimum Gasteiger partial charge on any atom is -0.394 e. The number of fused-ring (bicyclic) bond motifs is 1. The van der Waals surface area contributed by atoms with Crippen LogP contribution in [0.4, 0.5) is 5.69 Å². The summed E-state index contributed by atoms with van der Waals surface area (Å²) in [5.41, 5.74) is 0.640. The molecule has 3 amide bonds. The Morgan fingerprint density at radius 1 is 1.20 bits per heavy atom. The average Bonchev–Trinajstić information content (AvgIpc) is 3.49. The van der Waals surface area contributed by atoms with Crippen LogP contribution in [0.5, 0.6) is 0 Å². The number of aryl methyl sites for hydroxylation is 2. The van der Waals surface area contributed by atoms with Crippen LogP contribution in [0.15, 0.2) is 43.5 Å². The summed E-state index contributed by atoms with van der Waals surface area (Å²) >= 11 is 0. The minimum atomic E-state index is -1.17. The normalized spacial score (nSPS) is 30.1. The second-order valence-corrected chi connectivity index (χ2v) is 12.1. The molecule has 3 heterocycles. The van der Waals surface area contributed by atoms with Crippen molar-refractivity contribution in [2.45, 2.75) is 77.2 Å². The number of benzene rings is 1. The quantitative estimate of drug-likeness (QED) is 0.424. The minimum absolute atomic E-state index is 0.0709. The van der Waals surface area contributed by atoms with E-state index in [9.17, 15) is 19.5 Å². The molecule has 3 saturated heterocycles. The average molecular weight is 552 g/mol. The SMILES string of the molecule is C=CCN(C)C(=O)[C@H]1[C@H]2C(=O)N([C@@H](CO)[C@@H](C)CC)C(C(=O)N(CC=C)c3cc(C)ccc3C)C23CC[C@]1(C)O3. The van der Waals surface area contributed by atoms with Gasteiger partial charge in [0, 0.05) is 25.8 Å². The Balaban J connectivity index is 1.90. The molecule has 8 nitrogen and oxygen atoms in total. The monoisotopic (exact) mass is 551 g/mol. The number of likely N-dealkylation sites (tertiary alicyclic amines) is 1. The highest BCUT2D eigenvalue weighted by Crippen LogP contribution is 2.64. The maximum absolute atomic E-state index is 14.8. The summed E-state index contributed by atoms with van der Waals surface area (Å²) in [7, 11) is 1.70. The molecule has 0 saturated carbocycles. The number of hydrogen-bond acceptors (Lipinski definition) is 5. The zero-order chi connectivity index (χ0) is 29.6. The number of ether oxygens (including phenoxy) is 1. The van der Waals surface area contributed by atoms with Crippen molar-refractivity contribution in [1.29, 1.82) is 0 Å². The Morgan fingerprint density at radius 3 is 2.48 bits per heavy atom. The van der Waals surface area contributed by atoms with Gasteiger partial charge in [-0.1, -0.05) is 44.6 Å². The number of hydrogen-bond donors (Lipinski definition) is 1. The highest BCUT2D eigenvalue weighted by atomic mass is 16.5. The molecule has 218 valence electrons. The fraction of sp³-hybridized carbons (Fsp3) is 0.594. The Labute approximate surface area is 238 Å². The fourth-order valence-corrected chi connectivity index (χ4v) is 7.31. The molecule has 0 aromatic heterocycles. The van der Waals surface area contributed by atoms with Crippen molar-refractivity contribution in [2.75, 3.05) is 31.6 Å². The van der Waals surface area contributed by atoms with Gasteiger partial charge in [0.25, 0.3) is 5.91 Å². The highest BCUT2D eigenvalue weighted by Gasteiger charge is 2.79. The molecule has 40 heavy (non-hydrogen) atoms. The number of aliphatic hydroxyl groups is 1. The van der Waals surface area contributed by atoms with Crippen molar-refractivity contribution in [2.24, 2.45) is 17.8 Å². The number of rotatable bonds is 11. The van der Waals surface area contributed by atoms with E-state index in [4.69, 9.17) is 4.74 Å². The van der Waals surface area contributed by atoms with Gasteiger partial charge in [0.1, 0.15) is 11.6 Å². The van der Waals surface area contributed by atoms with E-state index < -0.39 is 35.1 Å².